The van der Waals surface area contributed by atoms with Gasteiger partial charge in [0, 0.05) is 12.0 Å². The number of phenols is 1. The molecule has 1 aliphatic rings. The molecule has 0 saturated carbocycles. The number of hydrogen-bond acceptors (Lipinski definition) is 4. The number of amides is 1. The van der Waals surface area contributed by atoms with Crippen LogP contribution in [0, 0.1) is 0 Å². The second-order valence-corrected chi connectivity index (χ2v) is 5.04. The molecule has 1 amide bonds. The minimum absolute atomic E-state index is 0.169. The predicted molar refractivity (Wildman–Crippen MR) is 82.9 cm³/mol. The van der Waals surface area contributed by atoms with Gasteiger partial charge in [-0.2, -0.15) is 5.10 Å². The number of carbonyl (C=O) groups is 1. The van der Waals surface area contributed by atoms with Gasteiger partial charge in [-0.25, -0.2) is 5.01 Å². The molecule has 5 nitrogen and oxygen atoms in total. The summed E-state index contributed by atoms with van der Waals surface area (Å²) in [4.78, 5) is 11.3. The van der Waals surface area contributed by atoms with Crippen LogP contribution in [0.2, 0.25) is 0 Å². The van der Waals surface area contributed by atoms with Crippen LogP contribution < -0.4 is 4.74 Å². The van der Waals surface area contributed by atoms with Gasteiger partial charge >= 0.3 is 0 Å². The summed E-state index contributed by atoms with van der Waals surface area (Å²) in [7, 11) is 1.61. The Kier molecular flexibility index (Phi) is 3.78. The lowest BCUT2D eigenvalue weighted by atomic mass is 9.98. The van der Waals surface area contributed by atoms with E-state index in [9.17, 15) is 9.90 Å². The summed E-state index contributed by atoms with van der Waals surface area (Å²) in [6.45, 7) is 0. The summed E-state index contributed by atoms with van der Waals surface area (Å²) in [5, 5.41) is 15.7. The molecular formula is C17H16N2O3. The van der Waals surface area contributed by atoms with Crippen molar-refractivity contribution in [2.75, 3.05) is 7.11 Å². The van der Waals surface area contributed by atoms with Crippen LogP contribution in [-0.2, 0) is 4.79 Å². The summed E-state index contributed by atoms with van der Waals surface area (Å²) >= 11 is 0. The fourth-order valence-electron chi connectivity index (χ4n) is 2.60. The van der Waals surface area contributed by atoms with Crippen LogP contribution in [0.25, 0.3) is 0 Å². The third-order valence-corrected chi connectivity index (χ3v) is 3.77. The Labute approximate surface area is 128 Å². The van der Waals surface area contributed by atoms with E-state index in [0.29, 0.717) is 24.1 Å². The zero-order chi connectivity index (χ0) is 15.5. The molecule has 22 heavy (non-hydrogen) atoms. The van der Waals surface area contributed by atoms with Gasteiger partial charge in [0.05, 0.1) is 18.9 Å². The molecule has 1 N–H and O–H groups in total. The van der Waals surface area contributed by atoms with E-state index < -0.39 is 0 Å². The number of para-hydroxylation sites is 1. The van der Waals surface area contributed by atoms with E-state index in [2.05, 4.69) is 5.10 Å². The molecular weight excluding hydrogens is 280 g/mol. The topological polar surface area (TPSA) is 62.1 Å². The molecule has 5 heteroatoms. The van der Waals surface area contributed by atoms with Crippen molar-refractivity contribution in [1.29, 1.82) is 0 Å². The second-order valence-electron chi connectivity index (χ2n) is 5.04. The molecule has 2 aromatic carbocycles. The zero-order valence-corrected chi connectivity index (χ0v) is 12.1. The maximum Gasteiger partial charge on any atom is 0.230 e. The van der Waals surface area contributed by atoms with E-state index in [1.165, 1.54) is 5.01 Å². The first-order chi connectivity index (χ1) is 10.7. The molecule has 0 aliphatic carbocycles. The normalized spacial score (nSPS) is 17.2. The summed E-state index contributed by atoms with van der Waals surface area (Å²) in [5.41, 5.74) is 2.33. The van der Waals surface area contributed by atoms with Gasteiger partial charge in [0.2, 0.25) is 6.41 Å². The maximum absolute atomic E-state index is 11.3. The maximum atomic E-state index is 11.3. The average Bonchev–Trinajstić information content (AvgIpc) is 2.99. The Morgan fingerprint density at radius 3 is 2.59 bits per heavy atom. The highest BCUT2D eigenvalue weighted by Gasteiger charge is 2.29. The highest BCUT2D eigenvalue weighted by atomic mass is 16.5. The van der Waals surface area contributed by atoms with Gasteiger partial charge < -0.3 is 9.84 Å². The molecule has 3 rings (SSSR count). The molecule has 1 aliphatic heterocycles. The Morgan fingerprint density at radius 2 is 1.95 bits per heavy atom. The van der Waals surface area contributed by atoms with E-state index in [-0.39, 0.29) is 11.8 Å². The fourth-order valence-corrected chi connectivity index (χ4v) is 2.60. The highest BCUT2D eigenvalue weighted by molar-refractivity contribution is 6.04. The number of methoxy groups -OCH3 is 1. The molecule has 0 aromatic heterocycles. The lowest BCUT2D eigenvalue weighted by Crippen LogP contribution is -2.17. The number of hydrazone groups is 1. The second kappa shape index (κ2) is 5.89. The van der Waals surface area contributed by atoms with Crippen molar-refractivity contribution in [3.05, 3.63) is 59.7 Å². The molecule has 0 radical (unpaired) electrons. The Hall–Kier alpha value is -2.82. The average molecular weight is 296 g/mol. The van der Waals surface area contributed by atoms with Crippen LogP contribution in [0.4, 0.5) is 0 Å². The van der Waals surface area contributed by atoms with Crippen molar-refractivity contribution in [2.24, 2.45) is 5.10 Å². The van der Waals surface area contributed by atoms with Crippen molar-refractivity contribution in [3.8, 4) is 11.5 Å². The molecule has 0 bridgehead atoms. The Morgan fingerprint density at radius 1 is 1.23 bits per heavy atom. The number of hydrogen-bond donors (Lipinski definition) is 1. The molecule has 1 unspecified atom stereocenters. The van der Waals surface area contributed by atoms with E-state index in [1.54, 1.807) is 25.3 Å². The van der Waals surface area contributed by atoms with Gasteiger partial charge in [-0.05, 0) is 29.8 Å². The van der Waals surface area contributed by atoms with Crippen LogP contribution in [0.5, 0.6) is 11.5 Å². The minimum Gasteiger partial charge on any atom is -0.507 e. The van der Waals surface area contributed by atoms with Crippen molar-refractivity contribution < 1.29 is 14.6 Å². The van der Waals surface area contributed by atoms with E-state index in [1.807, 2.05) is 30.3 Å². The molecule has 0 spiro atoms. The van der Waals surface area contributed by atoms with Gasteiger partial charge in [-0.1, -0.05) is 24.3 Å². The molecule has 0 saturated heterocycles. The molecule has 0 fully saturated rings. The number of nitrogens with zero attached hydrogens (tertiary/aromatic N) is 2. The number of rotatable bonds is 4. The van der Waals surface area contributed by atoms with Crippen LogP contribution in [0.3, 0.4) is 0 Å². The van der Waals surface area contributed by atoms with E-state index >= 15 is 0 Å². The quantitative estimate of drug-likeness (QED) is 0.882. The summed E-state index contributed by atoms with van der Waals surface area (Å²) in [5.74, 6) is 0.934. The van der Waals surface area contributed by atoms with Crippen molar-refractivity contribution in [3.63, 3.8) is 0 Å². The van der Waals surface area contributed by atoms with Crippen molar-refractivity contribution in [2.45, 2.75) is 12.5 Å². The first-order valence-electron chi connectivity index (χ1n) is 6.96. The standard InChI is InChI=1S/C17H16N2O3/c1-22-13-8-6-12(7-9-13)16-10-15(18-19(16)11-20)14-4-2-3-5-17(14)21/h2-9,11,16,21H,10H2,1H3. The van der Waals surface area contributed by atoms with Crippen molar-refractivity contribution in [1.82, 2.24) is 5.01 Å². The van der Waals surface area contributed by atoms with Crippen molar-refractivity contribution >= 4 is 12.1 Å². The largest absolute Gasteiger partial charge is 0.507 e. The van der Waals surface area contributed by atoms with Crippen LogP contribution in [0.15, 0.2) is 53.6 Å². The Bertz CT molecular complexity index is 710. The SMILES string of the molecule is COc1ccc(C2CC(c3ccccc3O)=NN2C=O)cc1. The lowest BCUT2D eigenvalue weighted by Gasteiger charge is -2.17. The van der Waals surface area contributed by atoms with Crippen LogP contribution in [0.1, 0.15) is 23.6 Å². The van der Waals surface area contributed by atoms with Crippen LogP contribution >= 0.6 is 0 Å². The summed E-state index contributed by atoms with van der Waals surface area (Å²) < 4.78 is 5.15. The highest BCUT2D eigenvalue weighted by Crippen LogP contribution is 2.34. The van der Waals surface area contributed by atoms with Gasteiger partial charge in [0.25, 0.3) is 0 Å². The van der Waals surface area contributed by atoms with Gasteiger partial charge in [-0.3, -0.25) is 4.79 Å². The summed E-state index contributed by atoms with van der Waals surface area (Å²) in [6.07, 6.45) is 1.27. The predicted octanol–water partition coefficient (Wildman–Crippen LogP) is 2.71. The monoisotopic (exact) mass is 296 g/mol. The lowest BCUT2D eigenvalue weighted by molar-refractivity contribution is -0.119. The zero-order valence-electron chi connectivity index (χ0n) is 12.1. The number of aromatic hydroxyl groups is 1. The number of phenolic OH excluding ortho intramolecular Hbond substituents is 1. The first kappa shape index (κ1) is 14.1. The molecule has 1 atom stereocenters. The summed E-state index contributed by atoms with van der Waals surface area (Å²) in [6, 6.07) is 14.4. The van der Waals surface area contributed by atoms with Gasteiger partial charge in [0.15, 0.2) is 0 Å². The minimum atomic E-state index is -0.169. The fraction of sp³-hybridized carbons (Fsp3) is 0.176. The van der Waals surface area contributed by atoms with Crippen LogP contribution in [-0.4, -0.2) is 29.3 Å². The smallest absolute Gasteiger partial charge is 0.230 e. The molecule has 112 valence electrons. The van der Waals surface area contributed by atoms with Gasteiger partial charge in [-0.15, -0.1) is 0 Å². The third kappa shape index (κ3) is 2.53. The van der Waals surface area contributed by atoms with E-state index in [4.69, 9.17) is 4.74 Å². The van der Waals surface area contributed by atoms with E-state index in [0.717, 1.165) is 11.3 Å². The number of benzene rings is 2. The number of carbonyl (C=O) groups excluding carboxylic acids is 1. The first-order valence-corrected chi connectivity index (χ1v) is 6.96. The Balaban J connectivity index is 1.89. The molecule has 1 heterocycles. The number of ether oxygens (including phenoxy) is 1. The third-order valence-electron chi connectivity index (χ3n) is 3.77. The van der Waals surface area contributed by atoms with Gasteiger partial charge in [0.1, 0.15) is 11.5 Å². The molecule has 2 aromatic rings.